The molecule has 0 saturated carbocycles. The molecule has 1 heterocycles. The summed E-state index contributed by atoms with van der Waals surface area (Å²) in [5, 5.41) is 6.68. The Kier molecular flexibility index (Phi) is 5.70. The van der Waals surface area contributed by atoms with Gasteiger partial charge in [0.1, 0.15) is 0 Å². The number of allylic oxidation sites excluding steroid dienone is 1. The summed E-state index contributed by atoms with van der Waals surface area (Å²) in [5.74, 6) is 0. The van der Waals surface area contributed by atoms with Gasteiger partial charge in [-0.05, 0) is 13.0 Å². The van der Waals surface area contributed by atoms with E-state index in [1.54, 1.807) is 12.3 Å². The molecular formula is C10H16N2. The maximum atomic E-state index is 3.86. The van der Waals surface area contributed by atoms with Gasteiger partial charge in [0.2, 0.25) is 0 Å². The monoisotopic (exact) mass is 164 g/mol. The van der Waals surface area contributed by atoms with E-state index in [1.807, 2.05) is 32.9 Å². The zero-order valence-corrected chi connectivity index (χ0v) is 7.96. The van der Waals surface area contributed by atoms with Crippen LogP contribution in [0.15, 0.2) is 18.9 Å². The minimum Gasteiger partial charge on any atom is -0.278 e. The number of H-pyrrole nitrogens is 1. The van der Waals surface area contributed by atoms with E-state index in [1.165, 1.54) is 0 Å². The van der Waals surface area contributed by atoms with E-state index < -0.39 is 0 Å². The van der Waals surface area contributed by atoms with Gasteiger partial charge in [0.15, 0.2) is 0 Å². The van der Waals surface area contributed by atoms with Crippen LogP contribution in [0, 0.1) is 0 Å². The minimum absolute atomic E-state index is 0.970. The summed E-state index contributed by atoms with van der Waals surface area (Å²) in [6.07, 6.45) is 7.48. The Morgan fingerprint density at radius 1 is 1.50 bits per heavy atom. The Labute approximate surface area is 74.0 Å². The SMILES string of the molecule is C=Cc1[nH]ncc1/C=C\C.CC. The summed E-state index contributed by atoms with van der Waals surface area (Å²) in [7, 11) is 0. The number of nitrogens with zero attached hydrogens (tertiary/aromatic N) is 1. The molecule has 0 aliphatic rings. The molecule has 0 spiro atoms. The first kappa shape index (κ1) is 10.7. The van der Waals surface area contributed by atoms with E-state index >= 15 is 0 Å². The maximum Gasteiger partial charge on any atom is 0.0644 e. The molecule has 0 unspecified atom stereocenters. The van der Waals surface area contributed by atoms with Crippen molar-refractivity contribution < 1.29 is 0 Å². The van der Waals surface area contributed by atoms with E-state index in [0.717, 1.165) is 11.3 Å². The molecular weight excluding hydrogens is 148 g/mol. The maximum absolute atomic E-state index is 3.86. The van der Waals surface area contributed by atoms with Crippen molar-refractivity contribution in [3.63, 3.8) is 0 Å². The van der Waals surface area contributed by atoms with Crippen LogP contribution in [0.1, 0.15) is 32.0 Å². The fraction of sp³-hybridized carbons (Fsp3) is 0.300. The van der Waals surface area contributed by atoms with Gasteiger partial charge in [0.05, 0.1) is 11.9 Å². The first-order chi connectivity index (χ1) is 5.88. The van der Waals surface area contributed by atoms with E-state index in [2.05, 4.69) is 16.8 Å². The molecule has 1 rings (SSSR count). The number of aromatic nitrogens is 2. The van der Waals surface area contributed by atoms with Crippen molar-refractivity contribution in [2.45, 2.75) is 20.8 Å². The Morgan fingerprint density at radius 2 is 2.17 bits per heavy atom. The van der Waals surface area contributed by atoms with Gasteiger partial charge in [-0.3, -0.25) is 5.10 Å². The van der Waals surface area contributed by atoms with Crippen LogP contribution in [0.2, 0.25) is 0 Å². The van der Waals surface area contributed by atoms with Gasteiger partial charge in [0, 0.05) is 5.56 Å². The molecule has 1 aromatic heterocycles. The largest absolute Gasteiger partial charge is 0.278 e. The summed E-state index contributed by atoms with van der Waals surface area (Å²) in [4.78, 5) is 0. The van der Waals surface area contributed by atoms with Gasteiger partial charge in [-0.2, -0.15) is 5.10 Å². The molecule has 0 aromatic carbocycles. The second kappa shape index (κ2) is 6.40. The van der Waals surface area contributed by atoms with E-state index in [9.17, 15) is 0 Å². The predicted molar refractivity (Wildman–Crippen MR) is 54.7 cm³/mol. The number of hydrogen-bond donors (Lipinski definition) is 1. The van der Waals surface area contributed by atoms with Gasteiger partial charge in [-0.25, -0.2) is 0 Å². The zero-order chi connectivity index (χ0) is 9.40. The van der Waals surface area contributed by atoms with Crippen LogP contribution in [0.4, 0.5) is 0 Å². The van der Waals surface area contributed by atoms with Crippen LogP contribution in [0.5, 0.6) is 0 Å². The second-order valence-corrected chi connectivity index (χ2v) is 1.94. The van der Waals surface area contributed by atoms with Crippen LogP contribution in [0.3, 0.4) is 0 Å². The lowest BCUT2D eigenvalue weighted by molar-refractivity contribution is 1.08. The summed E-state index contributed by atoms with van der Waals surface area (Å²) in [6, 6.07) is 0. The molecule has 0 bridgehead atoms. The van der Waals surface area contributed by atoms with E-state index in [0.29, 0.717) is 0 Å². The summed E-state index contributed by atoms with van der Waals surface area (Å²) < 4.78 is 0. The zero-order valence-electron chi connectivity index (χ0n) is 7.96. The highest BCUT2D eigenvalue weighted by Gasteiger charge is 1.93. The molecule has 2 heteroatoms. The third kappa shape index (κ3) is 2.74. The number of nitrogens with one attached hydrogen (secondary N) is 1. The highest BCUT2D eigenvalue weighted by Crippen LogP contribution is 2.06. The van der Waals surface area contributed by atoms with Crippen molar-refractivity contribution in [3.05, 3.63) is 30.1 Å². The molecule has 2 nitrogen and oxygen atoms in total. The van der Waals surface area contributed by atoms with Gasteiger partial charge in [-0.1, -0.05) is 32.6 Å². The predicted octanol–water partition coefficient (Wildman–Crippen LogP) is 3.11. The molecule has 0 atom stereocenters. The highest BCUT2D eigenvalue weighted by atomic mass is 15.1. The highest BCUT2D eigenvalue weighted by molar-refractivity contribution is 5.60. The fourth-order valence-corrected chi connectivity index (χ4v) is 0.781. The van der Waals surface area contributed by atoms with Crippen LogP contribution in [0.25, 0.3) is 12.2 Å². The molecule has 0 aliphatic carbocycles. The summed E-state index contributed by atoms with van der Waals surface area (Å²) in [5.41, 5.74) is 2.05. The molecule has 1 aromatic rings. The van der Waals surface area contributed by atoms with Gasteiger partial charge >= 0.3 is 0 Å². The molecule has 0 amide bonds. The first-order valence-electron chi connectivity index (χ1n) is 4.17. The van der Waals surface area contributed by atoms with Crippen molar-refractivity contribution in [3.8, 4) is 0 Å². The van der Waals surface area contributed by atoms with Gasteiger partial charge in [-0.15, -0.1) is 0 Å². The number of rotatable bonds is 2. The third-order valence-electron chi connectivity index (χ3n) is 1.25. The van der Waals surface area contributed by atoms with Gasteiger partial charge in [0.25, 0.3) is 0 Å². The van der Waals surface area contributed by atoms with Crippen molar-refractivity contribution in [2.75, 3.05) is 0 Å². The number of aromatic amines is 1. The third-order valence-corrected chi connectivity index (χ3v) is 1.25. The van der Waals surface area contributed by atoms with E-state index in [4.69, 9.17) is 0 Å². The normalized spacial score (nSPS) is 9.25. The fourth-order valence-electron chi connectivity index (χ4n) is 0.781. The molecule has 12 heavy (non-hydrogen) atoms. The van der Waals surface area contributed by atoms with Crippen molar-refractivity contribution in [1.29, 1.82) is 0 Å². The average molecular weight is 164 g/mol. The average Bonchev–Trinajstić information content (AvgIpc) is 2.56. The number of hydrogen-bond acceptors (Lipinski definition) is 1. The van der Waals surface area contributed by atoms with Crippen LogP contribution >= 0.6 is 0 Å². The van der Waals surface area contributed by atoms with Crippen LogP contribution < -0.4 is 0 Å². The quantitative estimate of drug-likeness (QED) is 0.714. The lowest BCUT2D eigenvalue weighted by Gasteiger charge is -1.85. The second-order valence-electron chi connectivity index (χ2n) is 1.94. The summed E-state index contributed by atoms with van der Waals surface area (Å²) in [6.45, 7) is 9.61. The van der Waals surface area contributed by atoms with Crippen molar-refractivity contribution in [1.82, 2.24) is 10.2 Å². The van der Waals surface area contributed by atoms with Crippen LogP contribution in [-0.4, -0.2) is 10.2 Å². The standard InChI is InChI=1S/C8H10N2.C2H6/c1-3-5-7-6-9-10-8(7)4-2;1-2/h3-6H,2H2,1H3,(H,9,10);1-2H3/b5-3-;. The lowest BCUT2D eigenvalue weighted by atomic mass is 10.2. The molecule has 0 aliphatic heterocycles. The van der Waals surface area contributed by atoms with Gasteiger partial charge < -0.3 is 0 Å². The Balaban J connectivity index is 0.000000561. The Bertz CT molecular complexity index is 246. The van der Waals surface area contributed by atoms with Crippen molar-refractivity contribution in [2.24, 2.45) is 0 Å². The molecule has 0 radical (unpaired) electrons. The molecule has 0 saturated heterocycles. The topological polar surface area (TPSA) is 28.7 Å². The first-order valence-corrected chi connectivity index (χ1v) is 4.17. The molecule has 1 N–H and O–H groups in total. The molecule has 0 fully saturated rings. The minimum atomic E-state index is 0.970. The Morgan fingerprint density at radius 3 is 2.67 bits per heavy atom. The Hall–Kier alpha value is -1.31. The lowest BCUT2D eigenvalue weighted by Crippen LogP contribution is -1.72. The van der Waals surface area contributed by atoms with Crippen LogP contribution in [-0.2, 0) is 0 Å². The summed E-state index contributed by atoms with van der Waals surface area (Å²) >= 11 is 0. The smallest absolute Gasteiger partial charge is 0.0644 e. The van der Waals surface area contributed by atoms with Crippen molar-refractivity contribution >= 4 is 12.2 Å². The van der Waals surface area contributed by atoms with E-state index in [-0.39, 0.29) is 0 Å². The molecule has 66 valence electrons.